The molecule has 0 radical (unpaired) electrons. The van der Waals surface area contributed by atoms with Gasteiger partial charge in [0.2, 0.25) is 0 Å². The van der Waals surface area contributed by atoms with Gasteiger partial charge in [-0.05, 0) is 52.9 Å². The number of amides is 1. The molecule has 0 aliphatic carbocycles. The minimum Gasteiger partial charge on any atom is -0.322 e. The van der Waals surface area contributed by atoms with E-state index in [1.165, 1.54) is 10.6 Å². The lowest BCUT2D eigenvalue weighted by atomic mass is 9.87. The summed E-state index contributed by atoms with van der Waals surface area (Å²) >= 11 is 1.82. The van der Waals surface area contributed by atoms with Crippen molar-refractivity contribution < 1.29 is 4.79 Å². The lowest BCUT2D eigenvalue weighted by molar-refractivity contribution is 0.102. The molecule has 5 nitrogen and oxygen atoms in total. The van der Waals surface area contributed by atoms with Crippen LogP contribution in [0.25, 0.3) is 22.4 Å². The van der Waals surface area contributed by atoms with E-state index in [0.717, 1.165) is 40.4 Å². The fourth-order valence-electron chi connectivity index (χ4n) is 4.02. The zero-order valence-corrected chi connectivity index (χ0v) is 19.8. The summed E-state index contributed by atoms with van der Waals surface area (Å²) in [6.45, 7) is 7.42. The Morgan fingerprint density at radius 3 is 2.48 bits per heavy atom. The van der Waals surface area contributed by atoms with Crippen LogP contribution in [-0.4, -0.2) is 26.4 Å². The molecule has 1 amide bonds. The molecule has 1 aliphatic heterocycles. The molecule has 2 aromatic heterocycles. The number of pyridine rings is 1. The molecule has 1 N–H and O–H groups in total. The van der Waals surface area contributed by atoms with Crippen LogP contribution < -0.4 is 5.32 Å². The van der Waals surface area contributed by atoms with Crippen LogP contribution in [0.3, 0.4) is 0 Å². The van der Waals surface area contributed by atoms with Crippen molar-refractivity contribution in [1.29, 1.82) is 0 Å². The van der Waals surface area contributed by atoms with Crippen molar-refractivity contribution in [2.75, 3.05) is 11.1 Å². The van der Waals surface area contributed by atoms with E-state index in [4.69, 9.17) is 5.10 Å². The highest BCUT2D eigenvalue weighted by Gasteiger charge is 2.25. The van der Waals surface area contributed by atoms with Gasteiger partial charge >= 0.3 is 0 Å². The van der Waals surface area contributed by atoms with Crippen LogP contribution in [-0.2, 0) is 12.0 Å². The Morgan fingerprint density at radius 2 is 1.76 bits per heavy atom. The number of carbonyl (C=O) groups is 1. The number of thioether (sulfide) groups is 1. The van der Waals surface area contributed by atoms with Crippen LogP contribution in [0, 0.1) is 0 Å². The second-order valence-corrected chi connectivity index (χ2v) is 10.3. The molecule has 1 aliphatic rings. The van der Waals surface area contributed by atoms with Gasteiger partial charge in [-0.25, -0.2) is 0 Å². The summed E-state index contributed by atoms with van der Waals surface area (Å²) in [5, 5.41) is 9.09. The summed E-state index contributed by atoms with van der Waals surface area (Å²) in [7, 11) is 0. The summed E-state index contributed by atoms with van der Waals surface area (Å²) in [6.07, 6.45) is 3.61. The van der Waals surface area contributed by atoms with Crippen LogP contribution >= 0.6 is 11.8 Å². The molecule has 0 atom stereocenters. The predicted molar refractivity (Wildman–Crippen MR) is 135 cm³/mol. The summed E-state index contributed by atoms with van der Waals surface area (Å²) in [4.78, 5) is 17.2. The first-order valence-corrected chi connectivity index (χ1v) is 12.0. The monoisotopic (exact) mass is 454 g/mol. The molecule has 0 bridgehead atoms. The SMILES string of the molecule is CC(C)(C)c1ccc(NC(=O)c2cccc(-c3nn4c(c3-c3ccncc3)SCC4)c2)cc1. The number of aryl methyl sites for hydroxylation is 1. The van der Waals surface area contributed by atoms with E-state index in [1.807, 2.05) is 60.3 Å². The normalized spacial score (nSPS) is 13.1. The van der Waals surface area contributed by atoms with Crippen molar-refractivity contribution in [3.8, 4) is 22.4 Å². The molecule has 0 spiro atoms. The number of carbonyl (C=O) groups excluding carboxylic acids is 1. The molecule has 0 unspecified atom stereocenters. The van der Waals surface area contributed by atoms with Crippen molar-refractivity contribution in [3.05, 3.63) is 84.2 Å². The fourth-order valence-corrected chi connectivity index (χ4v) is 5.12. The summed E-state index contributed by atoms with van der Waals surface area (Å²) in [6, 6.07) is 19.8. The lowest BCUT2D eigenvalue weighted by Crippen LogP contribution is -2.13. The average Bonchev–Trinajstić information content (AvgIpc) is 3.41. The Balaban J connectivity index is 1.45. The van der Waals surface area contributed by atoms with Crippen LogP contribution in [0.15, 0.2) is 78.1 Å². The molecule has 166 valence electrons. The molecule has 0 saturated carbocycles. The number of aromatic nitrogens is 3. The fraction of sp³-hybridized carbons (Fsp3) is 0.222. The maximum Gasteiger partial charge on any atom is 0.255 e. The van der Waals surface area contributed by atoms with Gasteiger partial charge in [-0.15, -0.1) is 11.8 Å². The molecule has 2 aromatic carbocycles. The largest absolute Gasteiger partial charge is 0.322 e. The number of hydrogen-bond acceptors (Lipinski definition) is 4. The first kappa shape index (κ1) is 21.5. The highest BCUT2D eigenvalue weighted by Crippen LogP contribution is 2.42. The summed E-state index contributed by atoms with van der Waals surface area (Å²) in [5.74, 6) is 0.892. The van der Waals surface area contributed by atoms with Gasteiger partial charge < -0.3 is 5.32 Å². The van der Waals surface area contributed by atoms with Gasteiger partial charge in [0, 0.05) is 40.5 Å². The molecule has 4 aromatic rings. The zero-order valence-electron chi connectivity index (χ0n) is 19.0. The van der Waals surface area contributed by atoms with Crippen LogP contribution in [0.5, 0.6) is 0 Å². The highest BCUT2D eigenvalue weighted by molar-refractivity contribution is 7.99. The minimum atomic E-state index is -0.132. The van der Waals surface area contributed by atoms with Gasteiger partial charge in [-0.3, -0.25) is 14.5 Å². The number of fused-ring (bicyclic) bond motifs is 1. The van der Waals surface area contributed by atoms with Crippen LogP contribution in [0.4, 0.5) is 5.69 Å². The quantitative estimate of drug-likeness (QED) is 0.395. The number of nitrogens with one attached hydrogen (secondary N) is 1. The molecule has 0 saturated heterocycles. The highest BCUT2D eigenvalue weighted by atomic mass is 32.2. The topological polar surface area (TPSA) is 59.8 Å². The molecule has 5 rings (SSSR count). The lowest BCUT2D eigenvalue weighted by Gasteiger charge is -2.19. The number of rotatable bonds is 4. The summed E-state index contributed by atoms with van der Waals surface area (Å²) < 4.78 is 2.07. The van der Waals surface area contributed by atoms with Crippen molar-refractivity contribution in [2.24, 2.45) is 0 Å². The van der Waals surface area contributed by atoms with Crippen molar-refractivity contribution in [3.63, 3.8) is 0 Å². The Hall–Kier alpha value is -3.38. The molecule has 0 fully saturated rings. The standard InChI is InChI=1S/C27H26N4OS/c1-27(2,3)21-7-9-22(10-8-21)29-25(32)20-6-4-5-19(17-20)24-23(18-11-13-28-14-12-18)26-31(30-24)15-16-33-26/h4-14,17H,15-16H2,1-3H3,(H,29,32). The maximum absolute atomic E-state index is 13.0. The zero-order chi connectivity index (χ0) is 23.0. The van der Waals surface area contributed by atoms with E-state index in [9.17, 15) is 4.79 Å². The number of nitrogens with zero attached hydrogens (tertiary/aromatic N) is 3. The smallest absolute Gasteiger partial charge is 0.255 e. The Labute approximate surface area is 198 Å². The molecule has 6 heteroatoms. The molecule has 33 heavy (non-hydrogen) atoms. The predicted octanol–water partition coefficient (Wildman–Crippen LogP) is 6.27. The Morgan fingerprint density at radius 1 is 1.00 bits per heavy atom. The first-order chi connectivity index (χ1) is 15.9. The molecule has 3 heterocycles. The van der Waals surface area contributed by atoms with E-state index in [2.05, 4.69) is 47.9 Å². The number of anilines is 1. The maximum atomic E-state index is 13.0. The van der Waals surface area contributed by atoms with Gasteiger partial charge in [0.1, 0.15) is 10.7 Å². The van der Waals surface area contributed by atoms with Crippen LogP contribution in [0.2, 0.25) is 0 Å². The number of hydrogen-bond donors (Lipinski definition) is 1. The van der Waals surface area contributed by atoms with E-state index in [-0.39, 0.29) is 11.3 Å². The van der Waals surface area contributed by atoms with Gasteiger partial charge in [0.15, 0.2) is 0 Å². The van der Waals surface area contributed by atoms with E-state index >= 15 is 0 Å². The van der Waals surface area contributed by atoms with Gasteiger partial charge in [-0.1, -0.05) is 45.0 Å². The third kappa shape index (κ3) is 4.31. The molecular weight excluding hydrogens is 428 g/mol. The number of benzene rings is 2. The van der Waals surface area contributed by atoms with E-state index in [0.29, 0.717) is 5.56 Å². The summed E-state index contributed by atoms with van der Waals surface area (Å²) in [5.41, 5.74) is 6.72. The third-order valence-corrected chi connectivity index (χ3v) is 6.90. The van der Waals surface area contributed by atoms with Crippen molar-refractivity contribution in [2.45, 2.75) is 37.8 Å². The second kappa shape index (κ2) is 8.52. The van der Waals surface area contributed by atoms with Crippen molar-refractivity contribution >= 4 is 23.4 Å². The van der Waals surface area contributed by atoms with E-state index < -0.39 is 0 Å². The van der Waals surface area contributed by atoms with Gasteiger partial charge in [-0.2, -0.15) is 5.10 Å². The van der Waals surface area contributed by atoms with Gasteiger partial charge in [0.25, 0.3) is 5.91 Å². The first-order valence-electron chi connectivity index (χ1n) is 11.1. The van der Waals surface area contributed by atoms with Crippen molar-refractivity contribution in [1.82, 2.24) is 14.8 Å². The van der Waals surface area contributed by atoms with E-state index in [1.54, 1.807) is 12.4 Å². The second-order valence-electron chi connectivity index (χ2n) is 9.20. The minimum absolute atomic E-state index is 0.0759. The Bertz CT molecular complexity index is 1300. The van der Waals surface area contributed by atoms with Gasteiger partial charge in [0.05, 0.1) is 6.54 Å². The Kier molecular flexibility index (Phi) is 5.54. The molecular formula is C27H26N4OS. The van der Waals surface area contributed by atoms with Crippen LogP contribution in [0.1, 0.15) is 36.7 Å². The average molecular weight is 455 g/mol. The third-order valence-electron chi connectivity index (χ3n) is 5.82.